The summed E-state index contributed by atoms with van der Waals surface area (Å²) in [7, 11) is 4.81. The second-order valence-electron chi connectivity index (χ2n) is 2.54. The minimum Gasteiger partial charge on any atom is -0.502 e. The number of halogens is 2. The molecule has 0 unspecified atom stereocenters. The highest BCUT2D eigenvalue weighted by atomic mass is 36.0. The molecule has 0 radical (unpaired) electrons. The van der Waals surface area contributed by atoms with Gasteiger partial charge in [0.2, 0.25) is 5.75 Å². The summed E-state index contributed by atoms with van der Waals surface area (Å²) < 4.78 is 18.3. The highest BCUT2D eigenvalue weighted by Gasteiger charge is 2.27. The molecule has 0 aliphatic rings. The lowest BCUT2D eigenvalue weighted by Crippen LogP contribution is -1.96. The Morgan fingerprint density at radius 3 is 1.83 bits per heavy atom. The molecular formula is C6H4Cl2N2O7S. The second kappa shape index (κ2) is 6.33. The summed E-state index contributed by atoms with van der Waals surface area (Å²) in [6, 6.07) is 3.14. The van der Waals surface area contributed by atoms with Crippen LogP contribution in [0.2, 0.25) is 0 Å². The van der Waals surface area contributed by atoms with E-state index in [1.54, 1.807) is 0 Å². The summed E-state index contributed by atoms with van der Waals surface area (Å²) in [6.07, 6.45) is 0. The van der Waals surface area contributed by atoms with Crippen molar-refractivity contribution in [1.82, 2.24) is 0 Å². The molecule has 0 atom stereocenters. The van der Waals surface area contributed by atoms with Gasteiger partial charge < -0.3 is 5.11 Å². The molecule has 0 aliphatic heterocycles. The summed E-state index contributed by atoms with van der Waals surface area (Å²) in [6.45, 7) is 0. The van der Waals surface area contributed by atoms with Crippen molar-refractivity contribution in [2.75, 3.05) is 0 Å². The maximum atomic E-state index is 10.3. The normalized spacial score (nSPS) is 10.1. The molecule has 100 valence electrons. The van der Waals surface area contributed by atoms with E-state index in [0.29, 0.717) is 0 Å². The number of hydrogen-bond donors (Lipinski definition) is 1. The Labute approximate surface area is 109 Å². The molecule has 1 rings (SSSR count). The lowest BCUT2D eigenvalue weighted by Gasteiger charge is -1.95. The third-order valence-corrected chi connectivity index (χ3v) is 1.37. The average Bonchev–Trinajstić information content (AvgIpc) is 2.13. The van der Waals surface area contributed by atoms with Crippen LogP contribution in [0.25, 0.3) is 0 Å². The van der Waals surface area contributed by atoms with Gasteiger partial charge in [-0.25, -0.2) is 0 Å². The molecule has 0 aliphatic carbocycles. The largest absolute Gasteiger partial charge is 0.502 e. The summed E-state index contributed by atoms with van der Waals surface area (Å²) in [5, 5.41) is 29.5. The Balaban J connectivity index is 0.000000494. The van der Waals surface area contributed by atoms with Gasteiger partial charge in [-0.15, -0.1) is 0 Å². The third-order valence-electron chi connectivity index (χ3n) is 1.37. The van der Waals surface area contributed by atoms with Gasteiger partial charge in [0.15, 0.2) is 0 Å². The van der Waals surface area contributed by atoms with E-state index >= 15 is 0 Å². The summed E-state index contributed by atoms with van der Waals surface area (Å²) in [4.78, 5) is 18.6. The van der Waals surface area contributed by atoms with Gasteiger partial charge in [0.25, 0.3) is 0 Å². The van der Waals surface area contributed by atoms with Gasteiger partial charge in [-0.2, -0.15) is 8.42 Å². The number of hydrogen-bond acceptors (Lipinski definition) is 7. The van der Waals surface area contributed by atoms with E-state index in [4.69, 9.17) is 13.5 Å². The molecule has 1 aromatic rings. The second-order valence-corrected chi connectivity index (χ2v) is 6.21. The Bertz CT molecular complexity index is 565. The molecule has 0 saturated carbocycles. The zero-order valence-corrected chi connectivity index (χ0v) is 10.5. The van der Waals surface area contributed by atoms with E-state index < -0.39 is 35.2 Å². The number of phenolic OH excluding ortho intramolecular Hbond substituents is 1. The number of rotatable bonds is 2. The Morgan fingerprint density at radius 2 is 1.56 bits per heavy atom. The number of phenols is 1. The van der Waals surface area contributed by atoms with E-state index in [2.05, 4.69) is 21.4 Å². The Morgan fingerprint density at radius 1 is 1.11 bits per heavy atom. The molecule has 1 N–H and O–H groups in total. The SMILES string of the molecule is O=S(=O)(Cl)Cl.O=[N+]([O-])c1cccc(O)c1[N+](=O)[O-]. The fourth-order valence-corrected chi connectivity index (χ4v) is 0.854. The minimum atomic E-state index is -3.72. The fraction of sp³-hybridized carbons (Fsp3) is 0. The molecular weight excluding hydrogens is 315 g/mol. The van der Waals surface area contributed by atoms with Crippen LogP contribution in [-0.4, -0.2) is 23.4 Å². The summed E-state index contributed by atoms with van der Waals surface area (Å²) in [5.41, 5.74) is -1.60. The van der Waals surface area contributed by atoms with Gasteiger partial charge in [-0.1, -0.05) is 6.07 Å². The first-order valence-electron chi connectivity index (χ1n) is 3.79. The van der Waals surface area contributed by atoms with Crippen molar-refractivity contribution in [3.63, 3.8) is 0 Å². The molecule has 9 nitrogen and oxygen atoms in total. The van der Waals surface area contributed by atoms with Gasteiger partial charge in [0, 0.05) is 27.4 Å². The van der Waals surface area contributed by atoms with Crippen molar-refractivity contribution < 1.29 is 23.4 Å². The van der Waals surface area contributed by atoms with E-state index in [1.165, 1.54) is 6.07 Å². The van der Waals surface area contributed by atoms with Crippen LogP contribution >= 0.6 is 21.4 Å². The van der Waals surface area contributed by atoms with Crippen molar-refractivity contribution in [1.29, 1.82) is 0 Å². The van der Waals surface area contributed by atoms with Crippen molar-refractivity contribution in [3.05, 3.63) is 38.4 Å². The van der Waals surface area contributed by atoms with Crippen LogP contribution in [0.5, 0.6) is 5.75 Å². The number of nitrogens with zero attached hydrogens (tertiary/aromatic N) is 2. The van der Waals surface area contributed by atoms with Crippen LogP contribution in [0, 0.1) is 20.2 Å². The van der Waals surface area contributed by atoms with E-state index in [-0.39, 0.29) is 0 Å². The molecule has 0 heterocycles. The quantitative estimate of drug-likeness (QED) is 0.498. The molecule has 1 aromatic carbocycles. The maximum Gasteiger partial charge on any atom is 0.387 e. The van der Waals surface area contributed by atoms with Crippen LogP contribution in [0.3, 0.4) is 0 Å². The fourth-order valence-electron chi connectivity index (χ4n) is 0.854. The van der Waals surface area contributed by atoms with E-state index in [9.17, 15) is 20.2 Å². The summed E-state index contributed by atoms with van der Waals surface area (Å²) >= 11 is 0. The molecule has 0 fully saturated rings. The number of aromatic hydroxyl groups is 1. The zero-order valence-electron chi connectivity index (χ0n) is 8.19. The van der Waals surface area contributed by atoms with Crippen LogP contribution in [0.15, 0.2) is 18.2 Å². The lowest BCUT2D eigenvalue weighted by atomic mass is 10.2. The molecule has 0 saturated heterocycles. The van der Waals surface area contributed by atoms with Crippen LogP contribution in [-0.2, 0) is 8.26 Å². The highest BCUT2D eigenvalue weighted by molar-refractivity contribution is 8.31. The topological polar surface area (TPSA) is 141 Å². The van der Waals surface area contributed by atoms with Gasteiger partial charge >= 0.3 is 19.6 Å². The molecule has 0 spiro atoms. The first-order chi connectivity index (χ1) is 8.04. The van der Waals surface area contributed by atoms with Gasteiger partial charge in [0.05, 0.1) is 9.85 Å². The Hall–Kier alpha value is -1.65. The molecule has 18 heavy (non-hydrogen) atoms. The lowest BCUT2D eigenvalue weighted by molar-refractivity contribution is -0.423. The van der Waals surface area contributed by atoms with Gasteiger partial charge in [-0.05, 0) is 6.07 Å². The number of para-hydroxylation sites is 1. The minimum absolute atomic E-state index is 0.709. The number of nitro groups is 2. The van der Waals surface area contributed by atoms with Crippen LogP contribution in [0.1, 0.15) is 0 Å². The van der Waals surface area contributed by atoms with Crippen molar-refractivity contribution >= 4 is 41.0 Å². The van der Waals surface area contributed by atoms with Gasteiger partial charge in [0.1, 0.15) is 0 Å². The van der Waals surface area contributed by atoms with Crippen molar-refractivity contribution in [2.45, 2.75) is 0 Å². The third kappa shape index (κ3) is 6.18. The van der Waals surface area contributed by atoms with Crippen molar-refractivity contribution in [2.24, 2.45) is 0 Å². The predicted octanol–water partition coefficient (Wildman–Crippen LogP) is 1.92. The van der Waals surface area contributed by atoms with Crippen LogP contribution in [0.4, 0.5) is 11.4 Å². The highest BCUT2D eigenvalue weighted by Crippen LogP contribution is 2.34. The van der Waals surface area contributed by atoms with E-state index in [0.717, 1.165) is 12.1 Å². The average molecular weight is 319 g/mol. The predicted molar refractivity (Wildman–Crippen MR) is 62.0 cm³/mol. The molecule has 12 heteroatoms. The molecule has 0 bridgehead atoms. The number of benzene rings is 1. The van der Waals surface area contributed by atoms with Crippen molar-refractivity contribution in [3.8, 4) is 5.75 Å². The maximum absolute atomic E-state index is 10.3. The standard InChI is InChI=1S/C6H4N2O5.Cl2O2S/c9-5-3-1-2-4(7(10)11)6(5)8(12)13;1-5(2,3)4/h1-3,9H;. The smallest absolute Gasteiger partial charge is 0.387 e. The first-order valence-corrected chi connectivity index (χ1v) is 6.92. The Kier molecular flexibility index (Phi) is 5.75. The van der Waals surface area contributed by atoms with E-state index in [1.807, 2.05) is 0 Å². The first kappa shape index (κ1) is 16.4. The van der Waals surface area contributed by atoms with Gasteiger partial charge in [-0.3, -0.25) is 20.2 Å². The summed E-state index contributed by atoms with van der Waals surface area (Å²) in [5.74, 6) is -0.709. The zero-order chi connectivity index (χ0) is 14.5. The molecule has 0 aromatic heterocycles. The number of nitro benzene ring substituents is 2. The monoisotopic (exact) mass is 318 g/mol. The molecule has 0 amide bonds. The van der Waals surface area contributed by atoms with Crippen LogP contribution < -0.4 is 0 Å².